The largest absolute Gasteiger partial charge is 0.366 e. The second-order valence-corrected chi connectivity index (χ2v) is 4.78. The Morgan fingerprint density at radius 3 is 2.76 bits per heavy atom. The van der Waals surface area contributed by atoms with Crippen LogP contribution in [0.3, 0.4) is 0 Å². The second kappa shape index (κ2) is 5.02. The molecule has 1 unspecified atom stereocenters. The molecule has 0 spiro atoms. The van der Waals surface area contributed by atoms with Crippen molar-refractivity contribution in [1.29, 1.82) is 0 Å². The van der Waals surface area contributed by atoms with Crippen LogP contribution in [0.4, 0.5) is 10.1 Å². The van der Waals surface area contributed by atoms with Gasteiger partial charge >= 0.3 is 0 Å². The monoisotopic (exact) mass is 237 g/mol. The summed E-state index contributed by atoms with van der Waals surface area (Å²) >= 11 is 0. The zero-order valence-corrected chi connectivity index (χ0v) is 10.5. The number of halogens is 1. The summed E-state index contributed by atoms with van der Waals surface area (Å²) in [6.07, 6.45) is 0. The molecule has 1 saturated heterocycles. The van der Waals surface area contributed by atoms with E-state index in [2.05, 4.69) is 23.8 Å². The van der Waals surface area contributed by atoms with Gasteiger partial charge in [0.2, 0.25) is 0 Å². The standard InChI is InChI=1S/C13H20FN3/c1-10-9-16(2)5-6-17(10)12-4-3-11(8-15)13(14)7-12/h3-4,7,10H,5-6,8-9,15H2,1-2H3. The molecule has 1 heterocycles. The Morgan fingerprint density at radius 1 is 1.41 bits per heavy atom. The average molecular weight is 237 g/mol. The Labute approximate surface area is 102 Å². The maximum absolute atomic E-state index is 13.7. The van der Waals surface area contributed by atoms with Gasteiger partial charge in [0.1, 0.15) is 5.82 Å². The highest BCUT2D eigenvalue weighted by atomic mass is 19.1. The third-order valence-corrected chi connectivity index (χ3v) is 3.42. The average Bonchev–Trinajstić information content (AvgIpc) is 2.29. The molecular formula is C13H20FN3. The number of hydrogen-bond donors (Lipinski definition) is 1. The molecule has 0 amide bonds. The van der Waals surface area contributed by atoms with Crippen LogP contribution in [0.5, 0.6) is 0 Å². The van der Waals surface area contributed by atoms with Crippen molar-refractivity contribution in [1.82, 2.24) is 4.90 Å². The zero-order valence-electron chi connectivity index (χ0n) is 10.5. The lowest BCUT2D eigenvalue weighted by molar-refractivity contribution is 0.275. The van der Waals surface area contributed by atoms with Crippen LogP contribution in [-0.4, -0.2) is 37.6 Å². The lowest BCUT2D eigenvalue weighted by Crippen LogP contribution is -2.50. The highest BCUT2D eigenvalue weighted by Gasteiger charge is 2.22. The van der Waals surface area contributed by atoms with Gasteiger partial charge in [0.15, 0.2) is 0 Å². The van der Waals surface area contributed by atoms with E-state index >= 15 is 0 Å². The molecule has 1 aliphatic rings. The predicted octanol–water partition coefficient (Wildman–Crippen LogP) is 1.42. The number of anilines is 1. The number of likely N-dealkylation sites (N-methyl/N-ethyl adjacent to an activating group) is 1. The molecule has 0 radical (unpaired) electrons. The molecule has 3 nitrogen and oxygen atoms in total. The van der Waals surface area contributed by atoms with Crippen LogP contribution in [0.15, 0.2) is 18.2 Å². The van der Waals surface area contributed by atoms with E-state index in [0.29, 0.717) is 11.6 Å². The van der Waals surface area contributed by atoms with E-state index in [0.717, 1.165) is 25.3 Å². The number of benzene rings is 1. The molecule has 1 fully saturated rings. The van der Waals surface area contributed by atoms with Crippen molar-refractivity contribution in [3.05, 3.63) is 29.6 Å². The maximum atomic E-state index is 13.7. The summed E-state index contributed by atoms with van der Waals surface area (Å²) in [4.78, 5) is 4.55. The molecule has 1 aliphatic heterocycles. The number of piperazine rings is 1. The fourth-order valence-corrected chi connectivity index (χ4v) is 2.40. The molecule has 1 aromatic rings. The Balaban J connectivity index is 2.19. The Morgan fingerprint density at radius 2 is 2.18 bits per heavy atom. The molecule has 4 heteroatoms. The minimum Gasteiger partial charge on any atom is -0.366 e. The van der Waals surface area contributed by atoms with Crippen LogP contribution in [0.2, 0.25) is 0 Å². The first-order chi connectivity index (χ1) is 8.11. The van der Waals surface area contributed by atoms with Crippen molar-refractivity contribution in [3.63, 3.8) is 0 Å². The van der Waals surface area contributed by atoms with Crippen molar-refractivity contribution in [2.75, 3.05) is 31.6 Å². The van der Waals surface area contributed by atoms with Gasteiger partial charge in [0.05, 0.1) is 0 Å². The molecule has 0 saturated carbocycles. The van der Waals surface area contributed by atoms with Gasteiger partial charge in [-0.3, -0.25) is 0 Å². The van der Waals surface area contributed by atoms with E-state index in [1.165, 1.54) is 0 Å². The molecule has 1 aromatic carbocycles. The summed E-state index contributed by atoms with van der Waals surface area (Å²) < 4.78 is 13.7. The summed E-state index contributed by atoms with van der Waals surface area (Å²) in [5.74, 6) is -0.198. The molecule has 0 aliphatic carbocycles. The van der Waals surface area contributed by atoms with Crippen molar-refractivity contribution in [2.24, 2.45) is 5.73 Å². The van der Waals surface area contributed by atoms with Crippen LogP contribution >= 0.6 is 0 Å². The SMILES string of the molecule is CC1CN(C)CCN1c1ccc(CN)c(F)c1. The van der Waals surface area contributed by atoms with Crippen LogP contribution in [-0.2, 0) is 6.54 Å². The fourth-order valence-electron chi connectivity index (χ4n) is 2.40. The van der Waals surface area contributed by atoms with Gasteiger partial charge in [0, 0.05) is 43.5 Å². The first-order valence-electron chi connectivity index (χ1n) is 6.05. The molecule has 2 N–H and O–H groups in total. The minimum absolute atomic E-state index is 0.198. The van der Waals surface area contributed by atoms with Crippen LogP contribution in [0.1, 0.15) is 12.5 Å². The van der Waals surface area contributed by atoms with Crippen molar-refractivity contribution in [2.45, 2.75) is 19.5 Å². The van der Waals surface area contributed by atoms with Gasteiger partial charge in [-0.1, -0.05) is 6.07 Å². The quantitative estimate of drug-likeness (QED) is 0.844. The highest BCUT2D eigenvalue weighted by Crippen LogP contribution is 2.22. The summed E-state index contributed by atoms with van der Waals surface area (Å²) in [6.45, 7) is 5.40. The third kappa shape index (κ3) is 2.58. The van der Waals surface area contributed by atoms with Gasteiger partial charge in [-0.25, -0.2) is 4.39 Å². The summed E-state index contributed by atoms with van der Waals surface area (Å²) in [7, 11) is 2.12. The Kier molecular flexibility index (Phi) is 3.64. The number of nitrogens with zero attached hydrogens (tertiary/aromatic N) is 2. The molecular weight excluding hydrogens is 217 g/mol. The van der Waals surface area contributed by atoms with E-state index in [9.17, 15) is 4.39 Å². The topological polar surface area (TPSA) is 32.5 Å². The van der Waals surface area contributed by atoms with Gasteiger partial charge in [-0.15, -0.1) is 0 Å². The highest BCUT2D eigenvalue weighted by molar-refractivity contribution is 5.49. The van der Waals surface area contributed by atoms with Gasteiger partial charge in [-0.05, 0) is 26.1 Å². The van der Waals surface area contributed by atoms with Crippen molar-refractivity contribution >= 4 is 5.69 Å². The lowest BCUT2D eigenvalue weighted by Gasteiger charge is -2.39. The van der Waals surface area contributed by atoms with Crippen LogP contribution < -0.4 is 10.6 Å². The minimum atomic E-state index is -0.198. The van der Waals surface area contributed by atoms with E-state index in [1.807, 2.05) is 6.07 Å². The molecule has 17 heavy (non-hydrogen) atoms. The van der Waals surface area contributed by atoms with Crippen LogP contribution in [0, 0.1) is 5.82 Å². The number of nitrogens with two attached hydrogens (primary N) is 1. The smallest absolute Gasteiger partial charge is 0.129 e. The summed E-state index contributed by atoms with van der Waals surface area (Å²) in [5.41, 5.74) is 7.00. The normalized spacial score (nSPS) is 21.9. The first kappa shape index (κ1) is 12.3. The lowest BCUT2D eigenvalue weighted by atomic mass is 10.1. The van der Waals surface area contributed by atoms with Crippen LogP contribution in [0.25, 0.3) is 0 Å². The zero-order chi connectivity index (χ0) is 12.4. The summed E-state index contributed by atoms with van der Waals surface area (Å²) in [6, 6.07) is 5.77. The van der Waals surface area contributed by atoms with Crippen molar-refractivity contribution in [3.8, 4) is 0 Å². The third-order valence-electron chi connectivity index (χ3n) is 3.42. The van der Waals surface area contributed by atoms with Gasteiger partial charge in [-0.2, -0.15) is 0 Å². The van der Waals surface area contributed by atoms with E-state index < -0.39 is 0 Å². The molecule has 94 valence electrons. The fraction of sp³-hybridized carbons (Fsp3) is 0.538. The number of rotatable bonds is 2. The Bertz CT molecular complexity index is 394. The van der Waals surface area contributed by atoms with Gasteiger partial charge < -0.3 is 15.5 Å². The van der Waals surface area contributed by atoms with E-state index in [-0.39, 0.29) is 12.4 Å². The molecule has 2 rings (SSSR count). The number of hydrogen-bond acceptors (Lipinski definition) is 3. The second-order valence-electron chi connectivity index (χ2n) is 4.78. The van der Waals surface area contributed by atoms with Gasteiger partial charge in [0.25, 0.3) is 0 Å². The first-order valence-corrected chi connectivity index (χ1v) is 6.05. The van der Waals surface area contributed by atoms with E-state index in [4.69, 9.17) is 5.73 Å². The molecule has 1 atom stereocenters. The Hall–Kier alpha value is -1.13. The summed E-state index contributed by atoms with van der Waals surface area (Å²) in [5, 5.41) is 0. The maximum Gasteiger partial charge on any atom is 0.129 e. The van der Waals surface area contributed by atoms with E-state index in [1.54, 1.807) is 12.1 Å². The molecule has 0 bridgehead atoms. The van der Waals surface area contributed by atoms with Crippen molar-refractivity contribution < 1.29 is 4.39 Å². The molecule has 0 aromatic heterocycles. The predicted molar refractivity (Wildman–Crippen MR) is 68.6 cm³/mol.